The van der Waals surface area contributed by atoms with E-state index < -0.39 is 0 Å². The van der Waals surface area contributed by atoms with Gasteiger partial charge in [0, 0.05) is 33.6 Å². The van der Waals surface area contributed by atoms with Crippen molar-refractivity contribution in [1.82, 2.24) is 4.57 Å². The van der Waals surface area contributed by atoms with E-state index in [1.54, 1.807) is 0 Å². The molecule has 55 heavy (non-hydrogen) atoms. The molecule has 0 bridgehead atoms. The largest absolute Gasteiger partial charge is 0.310 e. The van der Waals surface area contributed by atoms with Gasteiger partial charge in [-0.25, -0.2) is 0 Å². The summed E-state index contributed by atoms with van der Waals surface area (Å²) in [7, 11) is 0. The highest BCUT2D eigenvalue weighted by Gasteiger charge is 2.35. The van der Waals surface area contributed by atoms with Crippen LogP contribution in [0.15, 0.2) is 194 Å². The first-order valence-corrected chi connectivity index (χ1v) is 19.4. The van der Waals surface area contributed by atoms with E-state index in [-0.39, 0.29) is 5.41 Å². The van der Waals surface area contributed by atoms with Crippen molar-refractivity contribution in [3.63, 3.8) is 0 Å². The van der Waals surface area contributed by atoms with Crippen molar-refractivity contribution in [3.8, 4) is 39.2 Å². The Hall–Kier alpha value is -6.64. The number of benzene rings is 7. The smallest absolute Gasteiger partial charge is 0.0540 e. The van der Waals surface area contributed by atoms with Gasteiger partial charge in [-0.05, 0) is 124 Å². The van der Waals surface area contributed by atoms with Crippen molar-refractivity contribution in [1.29, 1.82) is 0 Å². The lowest BCUT2D eigenvalue weighted by atomic mass is 9.82. The SMILES string of the molecule is CC1(C)c2ccccc2-c2ccc(N(c3ccc(C4=CC=CCC4)cc3)c3ccc(-c4ccc(-c5cc6ccccc6n5-c5ccccc5)cc4)cc3)cc21. The first-order chi connectivity index (χ1) is 27.0. The number of fused-ring (bicyclic) bond motifs is 4. The van der Waals surface area contributed by atoms with E-state index in [1.807, 2.05) is 0 Å². The second-order valence-corrected chi connectivity index (χ2v) is 15.3. The molecule has 0 N–H and O–H groups in total. The predicted octanol–water partition coefficient (Wildman–Crippen LogP) is 14.5. The van der Waals surface area contributed by atoms with E-state index >= 15 is 0 Å². The van der Waals surface area contributed by atoms with E-state index in [0.29, 0.717) is 0 Å². The van der Waals surface area contributed by atoms with Crippen LogP contribution >= 0.6 is 0 Å². The average Bonchev–Trinajstić information content (AvgIpc) is 3.75. The molecule has 0 saturated carbocycles. The minimum Gasteiger partial charge on any atom is -0.310 e. The minimum absolute atomic E-state index is 0.0794. The highest BCUT2D eigenvalue weighted by Crippen LogP contribution is 2.50. The molecule has 1 heterocycles. The van der Waals surface area contributed by atoms with Crippen LogP contribution in [-0.2, 0) is 5.41 Å². The maximum atomic E-state index is 2.42. The summed E-state index contributed by atoms with van der Waals surface area (Å²) in [6.07, 6.45) is 8.87. The van der Waals surface area contributed by atoms with E-state index in [9.17, 15) is 0 Å². The fraction of sp³-hybridized carbons (Fsp3) is 0.0943. The monoisotopic (exact) mass is 706 g/mol. The summed E-state index contributed by atoms with van der Waals surface area (Å²) in [6.45, 7) is 4.71. The van der Waals surface area contributed by atoms with Gasteiger partial charge in [-0.3, -0.25) is 0 Å². The third kappa shape index (κ3) is 5.73. The van der Waals surface area contributed by atoms with Gasteiger partial charge in [0.05, 0.1) is 11.2 Å². The third-order valence-electron chi connectivity index (χ3n) is 11.7. The van der Waals surface area contributed by atoms with Crippen molar-refractivity contribution in [2.45, 2.75) is 32.1 Å². The molecule has 0 fully saturated rings. The van der Waals surface area contributed by atoms with Gasteiger partial charge in [0.2, 0.25) is 0 Å². The summed E-state index contributed by atoms with van der Waals surface area (Å²) in [5, 5.41) is 1.24. The molecule has 2 aliphatic rings. The van der Waals surface area contributed by atoms with Crippen molar-refractivity contribution >= 4 is 33.5 Å². The highest BCUT2D eigenvalue weighted by atomic mass is 15.1. The molecule has 10 rings (SSSR count). The van der Waals surface area contributed by atoms with Gasteiger partial charge < -0.3 is 9.47 Å². The summed E-state index contributed by atoms with van der Waals surface area (Å²) >= 11 is 0. The number of aromatic nitrogens is 1. The zero-order valence-electron chi connectivity index (χ0n) is 31.3. The van der Waals surface area contributed by atoms with Crippen molar-refractivity contribution in [2.24, 2.45) is 0 Å². The lowest BCUT2D eigenvalue weighted by molar-refractivity contribution is 0.660. The van der Waals surface area contributed by atoms with Crippen molar-refractivity contribution < 1.29 is 0 Å². The van der Waals surface area contributed by atoms with Gasteiger partial charge in [0.25, 0.3) is 0 Å². The summed E-state index contributed by atoms with van der Waals surface area (Å²) < 4.78 is 2.36. The van der Waals surface area contributed by atoms with Gasteiger partial charge in [0.15, 0.2) is 0 Å². The normalized spacial score (nSPS) is 14.0. The summed E-state index contributed by atoms with van der Waals surface area (Å²) in [6, 6.07) is 64.7. The fourth-order valence-electron chi connectivity index (χ4n) is 8.81. The number of para-hydroxylation sites is 2. The molecule has 264 valence electrons. The Bertz CT molecular complexity index is 2740. The molecule has 8 aromatic rings. The Morgan fingerprint density at radius 1 is 0.509 bits per heavy atom. The van der Waals surface area contributed by atoms with Crippen LogP contribution in [0, 0.1) is 0 Å². The van der Waals surface area contributed by atoms with E-state index in [1.165, 1.54) is 66.7 Å². The minimum atomic E-state index is -0.0794. The Balaban J connectivity index is 1.01. The first kappa shape index (κ1) is 33.0. The van der Waals surface area contributed by atoms with Crippen LogP contribution < -0.4 is 4.90 Å². The zero-order chi connectivity index (χ0) is 36.9. The molecule has 1 aromatic heterocycles. The van der Waals surface area contributed by atoms with Crippen LogP contribution in [0.25, 0.3) is 55.7 Å². The number of hydrogen-bond acceptors (Lipinski definition) is 1. The summed E-state index contributed by atoms with van der Waals surface area (Å²) in [4.78, 5) is 2.41. The molecule has 7 aromatic carbocycles. The number of allylic oxidation sites excluding steroid dienone is 4. The molecule has 2 heteroatoms. The lowest BCUT2D eigenvalue weighted by Crippen LogP contribution is -2.16. The van der Waals surface area contributed by atoms with Crippen molar-refractivity contribution in [2.75, 3.05) is 4.90 Å². The van der Waals surface area contributed by atoms with E-state index in [2.05, 4.69) is 217 Å². The fourth-order valence-corrected chi connectivity index (χ4v) is 8.81. The van der Waals surface area contributed by atoms with E-state index in [0.717, 1.165) is 35.6 Å². The Morgan fingerprint density at radius 2 is 1.11 bits per heavy atom. The van der Waals surface area contributed by atoms with Crippen molar-refractivity contribution in [3.05, 3.63) is 211 Å². The molecule has 0 amide bonds. The first-order valence-electron chi connectivity index (χ1n) is 19.4. The number of rotatable bonds is 7. The second kappa shape index (κ2) is 13.3. The molecule has 0 radical (unpaired) electrons. The van der Waals surface area contributed by atoms with Crippen LogP contribution in [-0.4, -0.2) is 4.57 Å². The van der Waals surface area contributed by atoms with Gasteiger partial charge in [-0.1, -0.05) is 147 Å². The average molecular weight is 707 g/mol. The lowest BCUT2D eigenvalue weighted by Gasteiger charge is -2.28. The maximum Gasteiger partial charge on any atom is 0.0540 e. The molecule has 0 unspecified atom stereocenters. The standard InChI is InChI=1S/C53H42N2/c1-53(2)49-19-11-10-18-47(49)48-34-33-46(36-50(48)53)54(44-29-25-39(26-30-44)37-13-5-3-6-14-37)45-31-27-40(28-32-45)38-21-23-41(24-22-38)52-35-42-15-9-12-20-51(42)55(52)43-16-7-4-8-17-43/h3-5,7-13,15-36H,6,14H2,1-2H3. The summed E-state index contributed by atoms with van der Waals surface area (Å²) in [5.74, 6) is 0. The zero-order valence-corrected chi connectivity index (χ0v) is 31.3. The molecule has 2 nitrogen and oxygen atoms in total. The molecule has 2 aliphatic carbocycles. The van der Waals surface area contributed by atoms with Crippen LogP contribution in [0.3, 0.4) is 0 Å². The van der Waals surface area contributed by atoms with Crippen LogP contribution in [0.1, 0.15) is 43.4 Å². The Kier molecular flexibility index (Phi) is 7.99. The number of nitrogens with zero attached hydrogens (tertiary/aromatic N) is 2. The quantitative estimate of drug-likeness (QED) is 0.160. The molecule has 0 atom stereocenters. The number of anilines is 3. The third-order valence-corrected chi connectivity index (χ3v) is 11.7. The Morgan fingerprint density at radius 3 is 1.84 bits per heavy atom. The van der Waals surface area contributed by atoms with Crippen LogP contribution in [0.5, 0.6) is 0 Å². The Labute approximate surface area is 324 Å². The van der Waals surface area contributed by atoms with E-state index in [4.69, 9.17) is 0 Å². The molecule has 0 saturated heterocycles. The number of hydrogen-bond donors (Lipinski definition) is 0. The molecule has 0 spiro atoms. The molecule has 0 aliphatic heterocycles. The van der Waals surface area contributed by atoms with Gasteiger partial charge >= 0.3 is 0 Å². The summed E-state index contributed by atoms with van der Waals surface area (Å²) in [5.41, 5.74) is 18.6. The highest BCUT2D eigenvalue weighted by molar-refractivity contribution is 5.90. The van der Waals surface area contributed by atoms with Gasteiger partial charge in [0.1, 0.15) is 0 Å². The van der Waals surface area contributed by atoms with Crippen LogP contribution in [0.2, 0.25) is 0 Å². The molecular weight excluding hydrogens is 665 g/mol. The van der Waals surface area contributed by atoms with Crippen LogP contribution in [0.4, 0.5) is 17.1 Å². The topological polar surface area (TPSA) is 8.17 Å². The van der Waals surface area contributed by atoms with Gasteiger partial charge in [-0.15, -0.1) is 0 Å². The second-order valence-electron chi connectivity index (χ2n) is 15.3. The van der Waals surface area contributed by atoms with Gasteiger partial charge in [-0.2, -0.15) is 0 Å². The molecular formula is C53H42N2. The predicted molar refractivity (Wildman–Crippen MR) is 233 cm³/mol. The maximum absolute atomic E-state index is 2.42.